The number of fused-ring (bicyclic) bond motifs is 1. The quantitative estimate of drug-likeness (QED) is 0.341. The van der Waals surface area contributed by atoms with Crippen LogP contribution in [0.25, 0.3) is 5.69 Å². The first kappa shape index (κ1) is 29.3. The summed E-state index contributed by atoms with van der Waals surface area (Å²) in [5, 5.41) is 3.32. The molecule has 2 aromatic rings. The lowest BCUT2D eigenvalue weighted by Crippen LogP contribution is -2.43. The number of nitrogens with zero attached hydrogens (tertiary/aromatic N) is 2. The molecule has 216 valence electrons. The Hall–Kier alpha value is -3.66. The topological polar surface area (TPSA) is 130 Å². The highest BCUT2D eigenvalue weighted by Crippen LogP contribution is 2.39. The van der Waals surface area contributed by atoms with Crippen molar-refractivity contribution in [2.75, 3.05) is 33.0 Å². The molecule has 2 aliphatic carbocycles. The van der Waals surface area contributed by atoms with Crippen LogP contribution in [0.4, 0.5) is 5.69 Å². The average molecular weight is 554 g/mol. The number of quaternary nitrogens is 1. The number of Topliss-reactive ketones (excluding diaryl/α,β-unsaturated/α-hetero) is 1. The van der Waals surface area contributed by atoms with Crippen LogP contribution < -0.4 is 11.1 Å². The zero-order chi connectivity index (χ0) is 29.6. The summed E-state index contributed by atoms with van der Waals surface area (Å²) in [5.41, 5.74) is 9.86. The number of likely N-dealkylation sites (N-methyl/N-ethyl adjacent to an activating group) is 1. The van der Waals surface area contributed by atoms with Gasteiger partial charge in [0.05, 0.1) is 39.2 Å². The first-order chi connectivity index (χ1) is 18.5. The summed E-state index contributed by atoms with van der Waals surface area (Å²) in [6, 6.07) is 5.16. The molecule has 10 heteroatoms. The molecule has 0 bridgehead atoms. The summed E-state index contributed by atoms with van der Waals surface area (Å²) in [7, 11) is 5.87. The molecule has 1 saturated carbocycles. The molecule has 1 aromatic carbocycles. The van der Waals surface area contributed by atoms with Crippen molar-refractivity contribution in [3.8, 4) is 5.69 Å². The Bertz CT molecular complexity index is 1350. The maximum absolute atomic E-state index is 12.9. The van der Waals surface area contributed by atoms with E-state index in [1.165, 1.54) is 6.92 Å². The van der Waals surface area contributed by atoms with Crippen LogP contribution in [0.2, 0.25) is 0 Å². The molecule has 1 amide bonds. The molecular weight excluding hydrogens is 512 g/mol. The van der Waals surface area contributed by atoms with E-state index < -0.39 is 23.9 Å². The number of ether oxygens (including phenoxy) is 2. The lowest BCUT2D eigenvalue weighted by Gasteiger charge is -2.30. The normalized spacial score (nSPS) is 20.3. The number of nitrogens with two attached hydrogens (primary N) is 1. The Labute approximate surface area is 235 Å². The van der Waals surface area contributed by atoms with Crippen LogP contribution in [0, 0.1) is 12.3 Å². The highest BCUT2D eigenvalue weighted by Gasteiger charge is 2.42. The van der Waals surface area contributed by atoms with E-state index in [4.69, 9.17) is 15.2 Å². The second-order valence-corrected chi connectivity index (χ2v) is 13.0. The minimum absolute atomic E-state index is 0.0342. The van der Waals surface area contributed by atoms with Crippen LogP contribution in [0.5, 0.6) is 0 Å². The summed E-state index contributed by atoms with van der Waals surface area (Å²) in [4.78, 5) is 49.3. The van der Waals surface area contributed by atoms with E-state index in [9.17, 15) is 19.2 Å². The zero-order valence-electron chi connectivity index (χ0n) is 24.5. The summed E-state index contributed by atoms with van der Waals surface area (Å²) < 4.78 is 13.5. The Morgan fingerprint density at radius 3 is 2.52 bits per heavy atom. The van der Waals surface area contributed by atoms with E-state index in [1.807, 2.05) is 51.0 Å². The average Bonchev–Trinajstić information content (AvgIpc) is 3.40. The number of nitrogens with one attached hydrogen (secondary N) is 1. The number of ketones is 1. The maximum Gasteiger partial charge on any atom is 0.310 e. The number of aryl methyl sites for hydroxylation is 1. The van der Waals surface area contributed by atoms with Gasteiger partial charge < -0.3 is 29.6 Å². The van der Waals surface area contributed by atoms with Crippen molar-refractivity contribution in [1.82, 2.24) is 4.57 Å². The van der Waals surface area contributed by atoms with E-state index >= 15 is 0 Å². The number of benzene rings is 1. The largest absolute Gasteiger partial charge is 0.460 e. The predicted molar refractivity (Wildman–Crippen MR) is 150 cm³/mol. The third-order valence-corrected chi connectivity index (χ3v) is 7.24. The van der Waals surface area contributed by atoms with Gasteiger partial charge >= 0.3 is 11.9 Å². The number of amides is 1. The van der Waals surface area contributed by atoms with Gasteiger partial charge in [-0.1, -0.05) is 13.8 Å². The minimum atomic E-state index is -0.582. The highest BCUT2D eigenvalue weighted by atomic mass is 16.6. The molecule has 3 N–H and O–H groups in total. The van der Waals surface area contributed by atoms with Crippen molar-refractivity contribution in [3.63, 3.8) is 0 Å². The van der Waals surface area contributed by atoms with Crippen molar-refractivity contribution in [2.45, 2.75) is 71.6 Å². The molecular formula is C30H41N4O6+. The number of carbonyl (C=O) groups excluding carboxylic acids is 4. The van der Waals surface area contributed by atoms with E-state index in [-0.39, 0.29) is 29.8 Å². The summed E-state index contributed by atoms with van der Waals surface area (Å²) >= 11 is 0. The summed E-state index contributed by atoms with van der Waals surface area (Å²) in [6.45, 7) is 7.92. The van der Waals surface area contributed by atoms with Crippen LogP contribution in [-0.4, -0.2) is 78.6 Å². The number of aromatic nitrogens is 1. The number of primary amides is 1. The maximum atomic E-state index is 12.9. The molecule has 0 spiro atoms. The minimum Gasteiger partial charge on any atom is -0.460 e. The first-order valence-electron chi connectivity index (χ1n) is 13.6. The molecule has 1 aromatic heterocycles. The second kappa shape index (κ2) is 10.7. The number of rotatable bonds is 10. The van der Waals surface area contributed by atoms with Crippen molar-refractivity contribution in [2.24, 2.45) is 11.1 Å². The Balaban J connectivity index is 1.49. The van der Waals surface area contributed by atoms with Crippen LogP contribution in [0.1, 0.15) is 72.0 Å². The zero-order valence-corrected chi connectivity index (χ0v) is 24.5. The molecule has 40 heavy (non-hydrogen) atoms. The van der Waals surface area contributed by atoms with Crippen LogP contribution >= 0.6 is 0 Å². The number of hydrogen-bond donors (Lipinski definition) is 2. The third-order valence-electron chi connectivity index (χ3n) is 7.24. The third kappa shape index (κ3) is 6.91. The van der Waals surface area contributed by atoms with Gasteiger partial charge in [0.2, 0.25) is 0 Å². The number of carbonyl (C=O) groups is 4. The van der Waals surface area contributed by atoms with Crippen molar-refractivity contribution in [3.05, 3.63) is 46.8 Å². The molecule has 0 aliphatic heterocycles. The van der Waals surface area contributed by atoms with Gasteiger partial charge in [0.1, 0.15) is 12.6 Å². The van der Waals surface area contributed by atoms with Crippen molar-refractivity contribution < 1.29 is 33.1 Å². The first-order valence-corrected chi connectivity index (χ1v) is 13.6. The van der Waals surface area contributed by atoms with Crippen LogP contribution in [0.15, 0.2) is 24.4 Å². The van der Waals surface area contributed by atoms with E-state index in [2.05, 4.69) is 19.2 Å². The SMILES string of the molecule is CC(=O)OC(CC(=O)OC1CC1Nc1cc(-n2cc(C)c3c2CC(C)(C)CC3=O)ccc1C(N)=O)C[N+](C)(C)C. The van der Waals surface area contributed by atoms with Gasteiger partial charge in [0, 0.05) is 48.6 Å². The van der Waals surface area contributed by atoms with Crippen LogP contribution in [-0.2, 0) is 25.5 Å². The lowest BCUT2D eigenvalue weighted by molar-refractivity contribution is -0.873. The lowest BCUT2D eigenvalue weighted by atomic mass is 9.75. The molecule has 2 aliphatic rings. The van der Waals surface area contributed by atoms with Gasteiger partial charge in [-0.25, -0.2) is 0 Å². The predicted octanol–water partition coefficient (Wildman–Crippen LogP) is 3.16. The fraction of sp³-hybridized carbons (Fsp3) is 0.533. The highest BCUT2D eigenvalue weighted by molar-refractivity contribution is 6.01. The molecule has 1 heterocycles. The fourth-order valence-corrected chi connectivity index (χ4v) is 5.57. The van der Waals surface area contributed by atoms with Gasteiger partial charge in [0.15, 0.2) is 11.9 Å². The molecule has 0 radical (unpaired) electrons. The molecule has 10 nitrogen and oxygen atoms in total. The molecule has 1 fully saturated rings. The van der Waals surface area contributed by atoms with Gasteiger partial charge in [0.25, 0.3) is 5.91 Å². The van der Waals surface area contributed by atoms with Crippen LogP contribution in [0.3, 0.4) is 0 Å². The molecule has 4 rings (SSSR count). The Morgan fingerprint density at radius 1 is 1.20 bits per heavy atom. The molecule has 3 atom stereocenters. The number of anilines is 1. The smallest absolute Gasteiger partial charge is 0.310 e. The van der Waals surface area contributed by atoms with E-state index in [1.54, 1.807) is 6.07 Å². The van der Waals surface area contributed by atoms with Crippen molar-refractivity contribution in [1.29, 1.82) is 0 Å². The summed E-state index contributed by atoms with van der Waals surface area (Å²) in [5.74, 6) is -1.31. The Kier molecular flexibility index (Phi) is 7.86. The van der Waals surface area contributed by atoms with E-state index in [0.717, 1.165) is 28.9 Å². The second-order valence-electron chi connectivity index (χ2n) is 13.0. The van der Waals surface area contributed by atoms with Gasteiger partial charge in [-0.2, -0.15) is 0 Å². The summed E-state index contributed by atoms with van der Waals surface area (Å²) in [6.07, 6.45) is 2.81. The van der Waals surface area contributed by atoms with Gasteiger partial charge in [-0.3, -0.25) is 19.2 Å². The number of hydrogen-bond acceptors (Lipinski definition) is 7. The van der Waals surface area contributed by atoms with Crippen molar-refractivity contribution >= 4 is 29.3 Å². The standard InChI is InChI=1S/C30H40N4O6/c1-17-15-33(24-13-30(3,4)14-25(36)28(17)24)19-8-9-21(29(31)38)22(10-19)32-23-12-26(23)40-27(37)11-20(39-18(2)35)16-34(5,6)7/h8-10,15,20,23,26H,11-14,16H2,1-7H3,(H2-,31,32,38)/p+1. The Morgan fingerprint density at radius 2 is 1.90 bits per heavy atom. The van der Waals surface area contributed by atoms with E-state index in [0.29, 0.717) is 35.1 Å². The van der Waals surface area contributed by atoms with Gasteiger partial charge in [-0.15, -0.1) is 0 Å². The van der Waals surface area contributed by atoms with Gasteiger partial charge in [-0.05, 0) is 42.5 Å². The number of esters is 2. The fourth-order valence-electron chi connectivity index (χ4n) is 5.57. The molecule has 0 saturated heterocycles. The molecule has 3 unspecified atom stereocenters. The monoisotopic (exact) mass is 553 g/mol.